The average molecular weight is 661 g/mol. The maximum atomic E-state index is 13.5. The molecule has 5 N–H and O–H groups in total. The maximum Gasteiger partial charge on any atom is 0.501 e. The van der Waals surface area contributed by atoms with Crippen molar-refractivity contribution in [3.63, 3.8) is 0 Å². The van der Waals surface area contributed by atoms with Crippen LogP contribution in [0.5, 0.6) is 0 Å². The number of nitrogens with one attached hydrogen (secondary N) is 1. The van der Waals surface area contributed by atoms with Crippen molar-refractivity contribution in [3.05, 3.63) is 48.5 Å². The van der Waals surface area contributed by atoms with E-state index in [1.807, 2.05) is 35.2 Å². The molecule has 0 aliphatic carbocycles. The standard InChI is InChI=1S/C23H32F3N4O7PS3/c24-23(25,26)40(34,35)22-16-20(41(27,36)37)6-7-21(22)28-18(17-39-19-4-2-1-3-5-19)8-9-29-10-12-30(13-11-29)14-15-38(31,32)33/h1-7,16,18,28H,8-15,17H2,(H2,27,36,37)(H2,31,32,33)/t18-/m1/s1. The molecular weight excluding hydrogens is 628 g/mol. The van der Waals surface area contributed by atoms with Crippen LogP contribution in [0.25, 0.3) is 0 Å². The monoisotopic (exact) mass is 660 g/mol. The van der Waals surface area contributed by atoms with Gasteiger partial charge in [-0.1, -0.05) is 18.2 Å². The summed E-state index contributed by atoms with van der Waals surface area (Å²) in [5.41, 5.74) is -6.07. The number of primary sulfonamides is 1. The lowest BCUT2D eigenvalue weighted by Gasteiger charge is -2.35. The largest absolute Gasteiger partial charge is 0.501 e. The van der Waals surface area contributed by atoms with E-state index in [1.165, 1.54) is 11.8 Å². The Kier molecular flexibility index (Phi) is 11.3. The van der Waals surface area contributed by atoms with Crippen LogP contribution in [0.4, 0.5) is 18.9 Å². The quantitative estimate of drug-likeness (QED) is 0.184. The number of nitrogens with zero attached hydrogens (tertiary/aromatic N) is 2. The summed E-state index contributed by atoms with van der Waals surface area (Å²) in [4.78, 5) is 21.1. The number of hydrogen-bond acceptors (Lipinski definition) is 9. The fraction of sp³-hybridized carbons (Fsp3) is 0.478. The third-order valence-corrected chi connectivity index (χ3v) is 10.8. The van der Waals surface area contributed by atoms with Crippen LogP contribution < -0.4 is 10.5 Å². The van der Waals surface area contributed by atoms with Gasteiger partial charge in [0.1, 0.15) is 4.90 Å². The highest BCUT2D eigenvalue weighted by molar-refractivity contribution is 7.99. The molecular formula is C23H32F3N4O7PS3. The summed E-state index contributed by atoms with van der Waals surface area (Å²) in [5, 5.41) is 7.95. The minimum Gasteiger partial charge on any atom is -0.380 e. The van der Waals surface area contributed by atoms with E-state index in [0.29, 0.717) is 51.0 Å². The molecule has 2 aromatic rings. The summed E-state index contributed by atoms with van der Waals surface area (Å²) in [6.45, 7) is 3.16. The lowest BCUT2D eigenvalue weighted by molar-refractivity contribution is -0.0435. The third kappa shape index (κ3) is 10.2. The third-order valence-electron chi connectivity index (χ3n) is 6.40. The second kappa shape index (κ2) is 13.7. The first-order valence-corrected chi connectivity index (χ1v) is 18.2. The molecule has 0 unspecified atom stereocenters. The Bertz CT molecular complexity index is 1430. The molecule has 11 nitrogen and oxygen atoms in total. The molecule has 1 atom stereocenters. The normalized spacial score (nSPS) is 16.9. The molecule has 2 aromatic carbocycles. The van der Waals surface area contributed by atoms with Gasteiger partial charge < -0.3 is 24.9 Å². The van der Waals surface area contributed by atoms with E-state index in [9.17, 15) is 34.6 Å². The van der Waals surface area contributed by atoms with Gasteiger partial charge in [-0.2, -0.15) is 13.2 Å². The zero-order valence-corrected chi connectivity index (χ0v) is 25.1. The van der Waals surface area contributed by atoms with Crippen LogP contribution in [0.15, 0.2) is 63.2 Å². The minimum atomic E-state index is -5.92. The number of benzene rings is 2. The van der Waals surface area contributed by atoms with Crippen LogP contribution in [0.3, 0.4) is 0 Å². The van der Waals surface area contributed by atoms with E-state index >= 15 is 0 Å². The predicted molar refractivity (Wildman–Crippen MR) is 150 cm³/mol. The van der Waals surface area contributed by atoms with E-state index in [1.54, 1.807) is 0 Å². The molecule has 0 bridgehead atoms. The van der Waals surface area contributed by atoms with Crippen molar-refractivity contribution < 1.29 is 44.4 Å². The van der Waals surface area contributed by atoms with Crippen LogP contribution in [0.2, 0.25) is 0 Å². The number of halogens is 3. The van der Waals surface area contributed by atoms with Gasteiger partial charge in [0, 0.05) is 56.0 Å². The SMILES string of the molecule is NS(=O)(=O)c1ccc(N[C@H](CCN2CCN(CCP(=O)(O)O)CC2)CSc2ccccc2)c(S(=O)(=O)C(F)(F)F)c1. The summed E-state index contributed by atoms with van der Waals surface area (Å²) in [7, 11) is -14.5. The highest BCUT2D eigenvalue weighted by atomic mass is 32.2. The van der Waals surface area contributed by atoms with Crippen LogP contribution in [-0.2, 0) is 24.4 Å². The number of nitrogens with two attached hydrogens (primary N) is 1. The van der Waals surface area contributed by atoms with Gasteiger partial charge >= 0.3 is 13.1 Å². The van der Waals surface area contributed by atoms with Crippen LogP contribution in [0.1, 0.15) is 6.42 Å². The molecule has 0 spiro atoms. The van der Waals surface area contributed by atoms with E-state index in [0.717, 1.165) is 17.0 Å². The zero-order valence-electron chi connectivity index (χ0n) is 21.8. The Morgan fingerprint density at radius 2 is 1.56 bits per heavy atom. The predicted octanol–water partition coefficient (Wildman–Crippen LogP) is 2.39. The van der Waals surface area contributed by atoms with Crippen molar-refractivity contribution in [3.8, 4) is 0 Å². The van der Waals surface area contributed by atoms with Crippen molar-refractivity contribution in [2.75, 3.05) is 56.5 Å². The summed E-state index contributed by atoms with van der Waals surface area (Å²) in [6.07, 6.45) is 0.174. The first-order chi connectivity index (χ1) is 19.0. The Morgan fingerprint density at radius 3 is 2.10 bits per heavy atom. The topological polar surface area (TPSA) is 170 Å². The number of alkyl halides is 3. The van der Waals surface area contributed by atoms with Gasteiger partial charge in [0.25, 0.3) is 9.84 Å². The van der Waals surface area contributed by atoms with Gasteiger partial charge in [0.05, 0.1) is 16.7 Å². The molecule has 41 heavy (non-hydrogen) atoms. The molecule has 1 aliphatic rings. The molecule has 0 radical (unpaired) electrons. The number of anilines is 1. The molecule has 18 heteroatoms. The fourth-order valence-corrected chi connectivity index (χ4v) is 7.22. The number of piperazine rings is 1. The van der Waals surface area contributed by atoms with Crippen LogP contribution >= 0.6 is 19.4 Å². The lowest BCUT2D eigenvalue weighted by Crippen LogP contribution is -2.48. The molecule has 1 heterocycles. The second-order valence-electron chi connectivity index (χ2n) is 9.48. The van der Waals surface area contributed by atoms with Crippen molar-refractivity contribution in [1.29, 1.82) is 0 Å². The minimum absolute atomic E-state index is 0.233. The Morgan fingerprint density at radius 1 is 0.976 bits per heavy atom. The molecule has 230 valence electrons. The molecule has 1 saturated heterocycles. The number of hydrogen-bond donors (Lipinski definition) is 4. The first kappa shape index (κ1) is 33.8. The van der Waals surface area contributed by atoms with E-state index in [2.05, 4.69) is 10.2 Å². The average Bonchev–Trinajstić information content (AvgIpc) is 2.88. The van der Waals surface area contributed by atoms with Gasteiger partial charge in [-0.3, -0.25) is 4.57 Å². The summed E-state index contributed by atoms with van der Waals surface area (Å²) in [6, 6.07) is 11.0. The second-order valence-corrected chi connectivity index (χ2v) is 15.8. The zero-order chi connectivity index (χ0) is 30.5. The summed E-state index contributed by atoms with van der Waals surface area (Å²) >= 11 is 1.42. The first-order valence-electron chi connectivity index (χ1n) is 12.4. The summed E-state index contributed by atoms with van der Waals surface area (Å²) in [5.74, 6) is 0.356. The Labute approximate surface area is 241 Å². The van der Waals surface area contributed by atoms with Gasteiger partial charge in [0.15, 0.2) is 0 Å². The van der Waals surface area contributed by atoms with Crippen LogP contribution in [0, 0.1) is 0 Å². The van der Waals surface area contributed by atoms with Crippen LogP contribution in [-0.4, -0.2) is 99.2 Å². The van der Waals surface area contributed by atoms with Gasteiger partial charge in [-0.15, -0.1) is 11.8 Å². The van der Waals surface area contributed by atoms with Crippen molar-refractivity contribution in [1.82, 2.24) is 9.80 Å². The van der Waals surface area contributed by atoms with Gasteiger partial charge in [-0.05, 0) is 36.8 Å². The Hall–Kier alpha value is -1.69. The van der Waals surface area contributed by atoms with E-state index in [4.69, 9.17) is 14.9 Å². The van der Waals surface area contributed by atoms with E-state index in [-0.39, 0.29) is 12.7 Å². The van der Waals surface area contributed by atoms with Crippen molar-refractivity contribution in [2.24, 2.45) is 5.14 Å². The van der Waals surface area contributed by atoms with Gasteiger partial charge in [0.2, 0.25) is 10.0 Å². The fourth-order valence-electron chi connectivity index (χ4n) is 4.12. The number of sulfone groups is 1. The lowest BCUT2D eigenvalue weighted by atomic mass is 10.2. The molecule has 3 rings (SSSR count). The highest BCUT2D eigenvalue weighted by Gasteiger charge is 2.48. The number of thioether (sulfide) groups is 1. The highest BCUT2D eigenvalue weighted by Crippen LogP contribution is 2.36. The maximum absolute atomic E-state index is 13.5. The molecule has 0 aromatic heterocycles. The molecule has 1 fully saturated rings. The smallest absolute Gasteiger partial charge is 0.380 e. The van der Waals surface area contributed by atoms with E-state index < -0.39 is 54.5 Å². The molecule has 0 amide bonds. The molecule has 1 aliphatic heterocycles. The van der Waals surface area contributed by atoms with Crippen molar-refractivity contribution in [2.45, 2.75) is 32.7 Å². The summed E-state index contributed by atoms with van der Waals surface area (Å²) < 4.78 is 100. The number of rotatable bonds is 13. The van der Waals surface area contributed by atoms with Crippen molar-refractivity contribution >= 4 is 44.9 Å². The Balaban J connectivity index is 1.79. The molecule has 0 saturated carbocycles. The number of sulfonamides is 1. The van der Waals surface area contributed by atoms with Gasteiger partial charge in [-0.25, -0.2) is 22.0 Å².